The number of allylic oxidation sites excluding steroid dienone is 2. The highest BCUT2D eigenvalue weighted by Crippen LogP contribution is 2.44. The minimum atomic E-state index is 0.877. The lowest BCUT2D eigenvalue weighted by Gasteiger charge is -2.15. The standard InChI is InChI=1S/C9H15N/c10-4-3-9-6-7-1-2-8(9)5-7/h1-2,7-9H,3-6,10H2/t7-,8-,9-/m0/s1. The van der Waals surface area contributed by atoms with Crippen LogP contribution in [0.15, 0.2) is 12.2 Å². The van der Waals surface area contributed by atoms with E-state index in [2.05, 4.69) is 12.2 Å². The number of fused-ring (bicyclic) bond motifs is 2. The average molecular weight is 137 g/mol. The van der Waals surface area contributed by atoms with Crippen molar-refractivity contribution < 1.29 is 0 Å². The lowest BCUT2D eigenvalue weighted by Crippen LogP contribution is -2.12. The number of hydrogen-bond acceptors (Lipinski definition) is 1. The maximum Gasteiger partial charge on any atom is -0.00744 e. The summed E-state index contributed by atoms with van der Waals surface area (Å²) in [7, 11) is 0. The molecule has 0 radical (unpaired) electrons. The summed E-state index contributed by atoms with van der Waals surface area (Å²) in [6.45, 7) is 0.877. The first kappa shape index (κ1) is 6.41. The molecule has 56 valence electrons. The van der Waals surface area contributed by atoms with Crippen molar-refractivity contribution in [3.05, 3.63) is 12.2 Å². The minimum absolute atomic E-state index is 0.877. The highest BCUT2D eigenvalue weighted by atomic mass is 14.5. The summed E-state index contributed by atoms with van der Waals surface area (Å²) in [5.41, 5.74) is 5.52. The Morgan fingerprint density at radius 3 is 2.70 bits per heavy atom. The minimum Gasteiger partial charge on any atom is -0.330 e. The molecule has 2 rings (SSSR count). The van der Waals surface area contributed by atoms with Crippen LogP contribution in [0.4, 0.5) is 0 Å². The predicted octanol–water partition coefficient (Wildman–Crippen LogP) is 1.55. The first-order valence-corrected chi connectivity index (χ1v) is 4.28. The van der Waals surface area contributed by atoms with E-state index in [1.54, 1.807) is 0 Å². The van der Waals surface area contributed by atoms with Crippen LogP contribution in [-0.4, -0.2) is 6.54 Å². The van der Waals surface area contributed by atoms with Crippen molar-refractivity contribution in [3.8, 4) is 0 Å². The van der Waals surface area contributed by atoms with Crippen LogP contribution < -0.4 is 5.73 Å². The maximum atomic E-state index is 5.52. The van der Waals surface area contributed by atoms with E-state index < -0.39 is 0 Å². The highest BCUT2D eigenvalue weighted by Gasteiger charge is 2.34. The molecule has 0 unspecified atom stereocenters. The Hall–Kier alpha value is -0.300. The molecule has 2 bridgehead atoms. The molecule has 0 spiro atoms. The van der Waals surface area contributed by atoms with E-state index in [4.69, 9.17) is 5.73 Å². The van der Waals surface area contributed by atoms with Crippen molar-refractivity contribution in [1.29, 1.82) is 0 Å². The summed E-state index contributed by atoms with van der Waals surface area (Å²) in [5, 5.41) is 0. The Morgan fingerprint density at radius 2 is 2.20 bits per heavy atom. The Morgan fingerprint density at radius 1 is 1.30 bits per heavy atom. The average Bonchev–Trinajstić information content (AvgIpc) is 2.48. The SMILES string of the molecule is NCC[C@H]1C[C@H]2C=C[C@H]1C2. The first-order valence-electron chi connectivity index (χ1n) is 4.28. The molecule has 2 aliphatic carbocycles. The highest BCUT2D eigenvalue weighted by molar-refractivity contribution is 5.09. The molecule has 2 N–H and O–H groups in total. The predicted molar refractivity (Wildman–Crippen MR) is 42.5 cm³/mol. The van der Waals surface area contributed by atoms with Crippen molar-refractivity contribution in [1.82, 2.24) is 0 Å². The van der Waals surface area contributed by atoms with Gasteiger partial charge >= 0.3 is 0 Å². The molecule has 0 amide bonds. The number of nitrogens with two attached hydrogens (primary N) is 1. The molecule has 1 saturated carbocycles. The van der Waals surface area contributed by atoms with Gasteiger partial charge in [-0.25, -0.2) is 0 Å². The van der Waals surface area contributed by atoms with Gasteiger partial charge in [0.2, 0.25) is 0 Å². The summed E-state index contributed by atoms with van der Waals surface area (Å²) in [5.74, 6) is 2.75. The van der Waals surface area contributed by atoms with E-state index >= 15 is 0 Å². The zero-order valence-electron chi connectivity index (χ0n) is 6.29. The van der Waals surface area contributed by atoms with Crippen molar-refractivity contribution in [3.63, 3.8) is 0 Å². The maximum absolute atomic E-state index is 5.52. The van der Waals surface area contributed by atoms with Crippen LogP contribution in [0.3, 0.4) is 0 Å². The molecule has 0 aromatic carbocycles. The molecule has 1 nitrogen and oxygen atoms in total. The van der Waals surface area contributed by atoms with Crippen LogP contribution >= 0.6 is 0 Å². The van der Waals surface area contributed by atoms with Crippen LogP contribution in [0.1, 0.15) is 19.3 Å². The Bertz CT molecular complexity index is 151. The Labute approximate surface area is 62.3 Å². The molecule has 3 atom stereocenters. The topological polar surface area (TPSA) is 26.0 Å². The fraction of sp³-hybridized carbons (Fsp3) is 0.778. The van der Waals surface area contributed by atoms with Gasteiger partial charge in [0, 0.05) is 0 Å². The molecule has 0 saturated heterocycles. The number of hydrogen-bond donors (Lipinski definition) is 1. The molecule has 1 fully saturated rings. The molecule has 0 heterocycles. The third-order valence-electron chi connectivity index (χ3n) is 2.95. The lowest BCUT2D eigenvalue weighted by atomic mass is 9.91. The van der Waals surface area contributed by atoms with Gasteiger partial charge in [0.15, 0.2) is 0 Å². The molecular formula is C9H15N. The van der Waals surface area contributed by atoms with Gasteiger partial charge in [-0.2, -0.15) is 0 Å². The van der Waals surface area contributed by atoms with Gasteiger partial charge in [-0.1, -0.05) is 12.2 Å². The molecule has 1 heteroatoms. The molecule has 0 aromatic rings. The molecule has 2 aliphatic rings. The van der Waals surface area contributed by atoms with Gasteiger partial charge in [-0.15, -0.1) is 0 Å². The number of rotatable bonds is 2. The second-order valence-corrected chi connectivity index (χ2v) is 3.62. The van der Waals surface area contributed by atoms with E-state index in [-0.39, 0.29) is 0 Å². The van der Waals surface area contributed by atoms with Crippen molar-refractivity contribution >= 4 is 0 Å². The second-order valence-electron chi connectivity index (χ2n) is 3.62. The fourth-order valence-electron chi connectivity index (χ4n) is 2.44. The summed E-state index contributed by atoms with van der Waals surface area (Å²) in [6, 6.07) is 0. The van der Waals surface area contributed by atoms with Gasteiger partial charge < -0.3 is 5.73 Å². The smallest absolute Gasteiger partial charge is 0.00744 e. The van der Waals surface area contributed by atoms with E-state index in [0.29, 0.717) is 0 Å². The van der Waals surface area contributed by atoms with Gasteiger partial charge in [-0.05, 0) is 43.6 Å². The molecule has 0 aromatic heterocycles. The van der Waals surface area contributed by atoms with Crippen LogP contribution in [0, 0.1) is 17.8 Å². The zero-order valence-corrected chi connectivity index (χ0v) is 6.29. The lowest BCUT2D eigenvalue weighted by molar-refractivity contribution is 0.422. The van der Waals surface area contributed by atoms with Gasteiger partial charge in [0.1, 0.15) is 0 Å². The summed E-state index contributed by atoms with van der Waals surface area (Å²) >= 11 is 0. The van der Waals surface area contributed by atoms with Crippen molar-refractivity contribution in [2.24, 2.45) is 23.5 Å². The Kier molecular flexibility index (Phi) is 1.53. The van der Waals surface area contributed by atoms with Gasteiger partial charge in [0.05, 0.1) is 0 Å². The van der Waals surface area contributed by atoms with Crippen LogP contribution in [-0.2, 0) is 0 Å². The van der Waals surface area contributed by atoms with E-state index in [9.17, 15) is 0 Å². The summed E-state index contributed by atoms with van der Waals surface area (Å²) < 4.78 is 0. The van der Waals surface area contributed by atoms with Gasteiger partial charge in [-0.3, -0.25) is 0 Å². The van der Waals surface area contributed by atoms with Crippen molar-refractivity contribution in [2.75, 3.05) is 6.54 Å². The monoisotopic (exact) mass is 137 g/mol. The first-order chi connectivity index (χ1) is 4.90. The van der Waals surface area contributed by atoms with Crippen LogP contribution in [0.5, 0.6) is 0 Å². The third kappa shape index (κ3) is 0.891. The fourth-order valence-corrected chi connectivity index (χ4v) is 2.44. The largest absolute Gasteiger partial charge is 0.330 e. The zero-order chi connectivity index (χ0) is 6.97. The van der Waals surface area contributed by atoms with Crippen LogP contribution in [0.2, 0.25) is 0 Å². The second kappa shape index (κ2) is 2.39. The van der Waals surface area contributed by atoms with E-state index in [1.165, 1.54) is 19.3 Å². The van der Waals surface area contributed by atoms with E-state index in [1.807, 2.05) is 0 Å². The van der Waals surface area contributed by atoms with Crippen LogP contribution in [0.25, 0.3) is 0 Å². The van der Waals surface area contributed by atoms with E-state index in [0.717, 1.165) is 24.3 Å². The van der Waals surface area contributed by atoms with Crippen molar-refractivity contribution in [2.45, 2.75) is 19.3 Å². The Balaban J connectivity index is 1.96. The normalized spacial score (nSPS) is 43.1. The third-order valence-corrected chi connectivity index (χ3v) is 2.95. The van der Waals surface area contributed by atoms with Gasteiger partial charge in [0.25, 0.3) is 0 Å². The summed E-state index contributed by atoms with van der Waals surface area (Å²) in [6.07, 6.45) is 8.86. The summed E-state index contributed by atoms with van der Waals surface area (Å²) in [4.78, 5) is 0. The molecule has 10 heavy (non-hydrogen) atoms. The molecular weight excluding hydrogens is 122 g/mol. The molecule has 0 aliphatic heterocycles. The quantitative estimate of drug-likeness (QED) is 0.574.